The first-order valence-corrected chi connectivity index (χ1v) is 9.19. The summed E-state index contributed by atoms with van der Waals surface area (Å²) < 4.78 is 30.7. The van der Waals surface area contributed by atoms with Gasteiger partial charge in [-0.1, -0.05) is 36.4 Å². The molecule has 3 aromatic rings. The fraction of sp³-hybridized carbons (Fsp3) is 0. The highest BCUT2D eigenvalue weighted by atomic mass is 32.2. The highest BCUT2D eigenvalue weighted by Gasteiger charge is 2.20. The van der Waals surface area contributed by atoms with Crippen LogP contribution in [0.1, 0.15) is 5.56 Å². The summed E-state index contributed by atoms with van der Waals surface area (Å²) in [4.78, 5) is 3.87. The summed E-state index contributed by atoms with van der Waals surface area (Å²) in [5.41, 5.74) is 0.487. The summed E-state index contributed by atoms with van der Waals surface area (Å²) in [5, 5.41) is 9.29. The third-order valence-corrected chi connectivity index (χ3v) is 5.16. The molecule has 0 aliphatic heterocycles. The first kappa shape index (κ1) is 17.4. The van der Waals surface area contributed by atoms with Crippen molar-refractivity contribution in [2.75, 3.05) is 0 Å². The molecule has 0 aliphatic carbocycles. The molecule has 0 radical (unpaired) electrons. The molecule has 0 spiro atoms. The molecular formula is C20H14N2O3S. The molecule has 0 N–H and O–H groups in total. The fourth-order valence-electron chi connectivity index (χ4n) is 2.19. The van der Waals surface area contributed by atoms with Gasteiger partial charge in [0.15, 0.2) is 0 Å². The third kappa shape index (κ3) is 3.97. The van der Waals surface area contributed by atoms with Crippen LogP contribution < -0.4 is 4.74 Å². The quantitative estimate of drug-likeness (QED) is 0.635. The Balaban J connectivity index is 1.85. The molecule has 0 bridgehead atoms. The normalized spacial score (nSPS) is 11.6. The largest absolute Gasteiger partial charge is 0.439 e. The number of para-hydroxylation sites is 1. The smallest absolute Gasteiger partial charge is 0.219 e. The second kappa shape index (κ2) is 7.64. The highest BCUT2D eigenvalue weighted by molar-refractivity contribution is 7.95. The van der Waals surface area contributed by atoms with E-state index >= 15 is 0 Å². The van der Waals surface area contributed by atoms with Gasteiger partial charge < -0.3 is 4.74 Å². The molecule has 1 aromatic heterocycles. The van der Waals surface area contributed by atoms with Crippen molar-refractivity contribution < 1.29 is 13.2 Å². The Morgan fingerprint density at radius 2 is 1.62 bits per heavy atom. The van der Waals surface area contributed by atoms with E-state index in [1.54, 1.807) is 48.5 Å². The summed E-state index contributed by atoms with van der Waals surface area (Å²) in [6.07, 6.45) is 2.75. The van der Waals surface area contributed by atoms with Crippen LogP contribution >= 0.6 is 0 Å². The lowest BCUT2D eigenvalue weighted by Crippen LogP contribution is -2.03. The number of nitriles is 1. The van der Waals surface area contributed by atoms with Crippen LogP contribution in [0.4, 0.5) is 0 Å². The van der Waals surface area contributed by atoms with Gasteiger partial charge in [-0.2, -0.15) is 5.26 Å². The minimum absolute atomic E-state index is 0.0739. The number of hydrogen-bond acceptors (Lipinski definition) is 5. The van der Waals surface area contributed by atoms with Gasteiger partial charge in [0.2, 0.25) is 15.7 Å². The van der Waals surface area contributed by atoms with E-state index in [0.717, 1.165) is 0 Å². The zero-order valence-electron chi connectivity index (χ0n) is 13.6. The molecule has 5 nitrogen and oxygen atoms in total. The zero-order valence-corrected chi connectivity index (χ0v) is 14.4. The molecule has 0 atom stereocenters. The minimum Gasteiger partial charge on any atom is -0.439 e. The van der Waals surface area contributed by atoms with Gasteiger partial charge in [0.1, 0.15) is 16.7 Å². The highest BCUT2D eigenvalue weighted by Crippen LogP contribution is 2.22. The number of benzene rings is 2. The van der Waals surface area contributed by atoms with Crippen molar-refractivity contribution in [3.8, 4) is 17.7 Å². The Morgan fingerprint density at radius 1 is 0.962 bits per heavy atom. The van der Waals surface area contributed by atoms with Crippen LogP contribution in [0.25, 0.3) is 6.08 Å². The van der Waals surface area contributed by atoms with Crippen molar-refractivity contribution in [2.24, 2.45) is 0 Å². The number of allylic oxidation sites excluding steroid dienone is 1. The summed E-state index contributed by atoms with van der Waals surface area (Å²) in [6, 6.07) is 22.0. The first-order chi connectivity index (χ1) is 12.6. The Labute approximate surface area is 151 Å². The Hall–Kier alpha value is -3.43. The molecule has 3 rings (SSSR count). The molecule has 0 saturated heterocycles. The van der Waals surface area contributed by atoms with Gasteiger partial charge in [0.25, 0.3) is 0 Å². The number of ether oxygens (including phenoxy) is 1. The second-order valence-electron chi connectivity index (χ2n) is 5.28. The van der Waals surface area contributed by atoms with E-state index in [4.69, 9.17) is 4.74 Å². The van der Waals surface area contributed by atoms with Crippen LogP contribution in [-0.2, 0) is 9.84 Å². The molecule has 6 heteroatoms. The maximum atomic E-state index is 12.5. The number of sulfone groups is 1. The predicted molar refractivity (Wildman–Crippen MR) is 98.0 cm³/mol. The Morgan fingerprint density at radius 3 is 2.19 bits per heavy atom. The van der Waals surface area contributed by atoms with Crippen molar-refractivity contribution in [1.29, 1.82) is 5.26 Å². The summed E-state index contributed by atoms with van der Waals surface area (Å²) in [5.74, 6) is 1.02. The van der Waals surface area contributed by atoms with E-state index in [0.29, 0.717) is 17.2 Å². The maximum Gasteiger partial charge on any atom is 0.219 e. The van der Waals surface area contributed by atoms with Gasteiger partial charge in [-0.15, -0.1) is 0 Å². The lowest BCUT2D eigenvalue weighted by Gasteiger charge is -2.05. The lowest BCUT2D eigenvalue weighted by atomic mass is 10.2. The molecule has 26 heavy (non-hydrogen) atoms. The van der Waals surface area contributed by atoms with Gasteiger partial charge in [0, 0.05) is 12.3 Å². The van der Waals surface area contributed by atoms with Crippen LogP contribution in [0.2, 0.25) is 0 Å². The van der Waals surface area contributed by atoms with Crippen molar-refractivity contribution in [3.63, 3.8) is 0 Å². The van der Waals surface area contributed by atoms with Crippen LogP contribution in [-0.4, -0.2) is 13.4 Å². The van der Waals surface area contributed by atoms with Crippen LogP contribution in [0, 0.1) is 11.3 Å². The molecule has 0 saturated carbocycles. The van der Waals surface area contributed by atoms with E-state index in [-0.39, 0.29) is 9.80 Å². The van der Waals surface area contributed by atoms with Crippen LogP contribution in [0.5, 0.6) is 11.6 Å². The molecule has 1 heterocycles. The minimum atomic E-state index is -3.87. The standard InChI is InChI=1S/C20H14N2O3S/c21-14-19(26(23,24)18-9-5-2-6-10-18)13-16-11-12-20(22-15-16)25-17-7-3-1-4-8-17/h1-13,15H/b19-13+. The van der Waals surface area contributed by atoms with E-state index in [1.165, 1.54) is 24.4 Å². The molecule has 0 unspecified atom stereocenters. The number of aromatic nitrogens is 1. The van der Waals surface area contributed by atoms with Gasteiger partial charge >= 0.3 is 0 Å². The van der Waals surface area contributed by atoms with Crippen LogP contribution in [0.15, 0.2) is 88.8 Å². The zero-order chi connectivity index (χ0) is 18.4. The summed E-state index contributed by atoms with van der Waals surface area (Å²) in [6.45, 7) is 0. The third-order valence-electron chi connectivity index (χ3n) is 3.48. The maximum absolute atomic E-state index is 12.5. The van der Waals surface area contributed by atoms with Crippen molar-refractivity contribution in [2.45, 2.75) is 4.90 Å². The Kier molecular flexibility index (Phi) is 5.11. The first-order valence-electron chi connectivity index (χ1n) is 7.70. The van der Waals surface area contributed by atoms with Crippen LogP contribution in [0.3, 0.4) is 0 Å². The van der Waals surface area contributed by atoms with Crippen molar-refractivity contribution in [3.05, 3.63) is 89.5 Å². The predicted octanol–water partition coefficient (Wildman–Crippen LogP) is 4.21. The Bertz CT molecular complexity index is 1050. The average Bonchev–Trinajstić information content (AvgIpc) is 2.68. The van der Waals surface area contributed by atoms with Gasteiger partial charge in [-0.05, 0) is 42.0 Å². The number of nitrogens with zero attached hydrogens (tertiary/aromatic N) is 2. The fourth-order valence-corrected chi connectivity index (χ4v) is 3.38. The van der Waals surface area contributed by atoms with Gasteiger partial charge in [-0.3, -0.25) is 0 Å². The molecule has 128 valence electrons. The topological polar surface area (TPSA) is 80.0 Å². The molecule has 0 amide bonds. The monoisotopic (exact) mass is 362 g/mol. The summed E-state index contributed by atoms with van der Waals surface area (Å²) >= 11 is 0. The number of hydrogen-bond donors (Lipinski definition) is 0. The summed E-state index contributed by atoms with van der Waals surface area (Å²) in [7, 11) is -3.87. The molecule has 0 aliphatic rings. The van der Waals surface area contributed by atoms with E-state index < -0.39 is 9.84 Å². The van der Waals surface area contributed by atoms with Crippen molar-refractivity contribution in [1.82, 2.24) is 4.98 Å². The van der Waals surface area contributed by atoms with Gasteiger partial charge in [0.05, 0.1) is 4.90 Å². The molecule has 2 aromatic carbocycles. The number of pyridine rings is 1. The lowest BCUT2D eigenvalue weighted by molar-refractivity contribution is 0.463. The van der Waals surface area contributed by atoms with E-state index in [9.17, 15) is 13.7 Å². The SMILES string of the molecule is N#C/C(=C\c1ccc(Oc2ccccc2)nc1)S(=O)(=O)c1ccccc1. The second-order valence-corrected chi connectivity index (χ2v) is 7.20. The van der Waals surface area contributed by atoms with Crippen molar-refractivity contribution >= 4 is 15.9 Å². The van der Waals surface area contributed by atoms with Gasteiger partial charge in [-0.25, -0.2) is 13.4 Å². The molecular weight excluding hydrogens is 348 g/mol. The number of rotatable bonds is 5. The van der Waals surface area contributed by atoms with E-state index in [1.807, 2.05) is 18.2 Å². The average molecular weight is 362 g/mol. The van der Waals surface area contributed by atoms with E-state index in [2.05, 4.69) is 4.98 Å². The molecule has 0 fully saturated rings.